The molecule has 2 amide bonds. The number of nitrogens with one attached hydrogen (secondary N) is 2. The molecule has 2 aromatic rings. The number of carbonyl (C=O) groups excluding carboxylic acids is 2. The molecule has 0 aromatic heterocycles. The highest BCUT2D eigenvalue weighted by atomic mass is 35.5. The molecule has 2 unspecified atom stereocenters. The summed E-state index contributed by atoms with van der Waals surface area (Å²) in [5, 5.41) is 14.9. The fourth-order valence-electron chi connectivity index (χ4n) is 2.72. The molecule has 0 heterocycles. The number of amides is 2. The number of benzene rings is 2. The summed E-state index contributed by atoms with van der Waals surface area (Å²) in [6.45, 7) is 0. The summed E-state index contributed by atoms with van der Waals surface area (Å²) in [6, 6.07) is 10.1. The van der Waals surface area contributed by atoms with Crippen molar-refractivity contribution in [3.63, 3.8) is 0 Å². The first-order valence-corrected chi connectivity index (χ1v) is 7.66. The van der Waals surface area contributed by atoms with Gasteiger partial charge in [0.2, 0.25) is 0 Å². The van der Waals surface area contributed by atoms with Gasteiger partial charge in [0.25, 0.3) is 0 Å². The molecule has 1 aliphatic rings. The molecule has 0 radical (unpaired) electrons. The maximum atomic E-state index is 13.0. The second kappa shape index (κ2) is 6.59. The minimum Gasteiger partial charge on any atom is -0.390 e. The van der Waals surface area contributed by atoms with Gasteiger partial charge in [-0.25, -0.2) is 4.39 Å². The van der Waals surface area contributed by atoms with E-state index in [1.807, 2.05) is 12.1 Å². The molecule has 124 valence electrons. The highest BCUT2D eigenvalue weighted by Crippen LogP contribution is 2.31. The number of anilines is 1. The SMILES string of the molecule is O=C(Nc1ccc(F)cc1Cl)C(=O)NC1c2ccccc2CC1O. The Kier molecular flexibility index (Phi) is 4.51. The van der Waals surface area contributed by atoms with Crippen molar-refractivity contribution in [2.24, 2.45) is 0 Å². The number of carbonyl (C=O) groups is 2. The second-order valence-corrected chi connectivity index (χ2v) is 5.91. The number of hydrogen-bond acceptors (Lipinski definition) is 3. The number of aliphatic hydroxyl groups excluding tert-OH is 1. The van der Waals surface area contributed by atoms with E-state index in [2.05, 4.69) is 10.6 Å². The van der Waals surface area contributed by atoms with Crippen LogP contribution < -0.4 is 10.6 Å². The summed E-state index contributed by atoms with van der Waals surface area (Å²) in [4.78, 5) is 24.1. The average Bonchev–Trinajstić information content (AvgIpc) is 2.86. The van der Waals surface area contributed by atoms with Crippen molar-refractivity contribution in [1.29, 1.82) is 0 Å². The quantitative estimate of drug-likeness (QED) is 0.728. The average molecular weight is 349 g/mol. The van der Waals surface area contributed by atoms with Gasteiger partial charge in [0.1, 0.15) is 5.82 Å². The van der Waals surface area contributed by atoms with Crippen LogP contribution in [0.1, 0.15) is 17.2 Å². The third-order valence-corrected chi connectivity index (χ3v) is 4.19. The van der Waals surface area contributed by atoms with Crippen LogP contribution in [-0.4, -0.2) is 23.0 Å². The van der Waals surface area contributed by atoms with E-state index < -0.39 is 29.8 Å². The minimum atomic E-state index is -0.944. The predicted molar refractivity (Wildman–Crippen MR) is 87.1 cm³/mol. The van der Waals surface area contributed by atoms with E-state index in [0.29, 0.717) is 6.42 Å². The highest BCUT2D eigenvalue weighted by molar-refractivity contribution is 6.41. The molecular weight excluding hydrogens is 335 g/mol. The molecule has 1 aliphatic carbocycles. The summed E-state index contributed by atoms with van der Waals surface area (Å²) < 4.78 is 13.0. The van der Waals surface area contributed by atoms with Gasteiger partial charge in [-0.2, -0.15) is 0 Å². The largest absolute Gasteiger partial charge is 0.390 e. The monoisotopic (exact) mass is 348 g/mol. The van der Waals surface area contributed by atoms with Gasteiger partial charge in [0.05, 0.1) is 22.9 Å². The van der Waals surface area contributed by atoms with Gasteiger partial charge in [-0.15, -0.1) is 0 Å². The molecule has 3 rings (SSSR count). The maximum Gasteiger partial charge on any atom is 0.313 e. The van der Waals surface area contributed by atoms with Crippen LogP contribution in [0.4, 0.5) is 10.1 Å². The Balaban J connectivity index is 1.70. The summed E-state index contributed by atoms with van der Waals surface area (Å²) in [7, 11) is 0. The summed E-state index contributed by atoms with van der Waals surface area (Å²) >= 11 is 5.81. The van der Waals surface area contributed by atoms with Gasteiger partial charge in [-0.05, 0) is 29.3 Å². The fourth-order valence-corrected chi connectivity index (χ4v) is 2.94. The molecule has 24 heavy (non-hydrogen) atoms. The lowest BCUT2D eigenvalue weighted by Crippen LogP contribution is -2.40. The third-order valence-electron chi connectivity index (χ3n) is 3.88. The van der Waals surface area contributed by atoms with Crippen LogP contribution in [-0.2, 0) is 16.0 Å². The Bertz CT molecular complexity index is 812. The van der Waals surface area contributed by atoms with Crippen LogP contribution in [0.25, 0.3) is 0 Å². The van der Waals surface area contributed by atoms with Crippen LogP contribution in [0.15, 0.2) is 42.5 Å². The molecular formula is C17H14ClFN2O3. The number of rotatable bonds is 2. The standard InChI is InChI=1S/C17H14ClFN2O3/c18-12-8-10(19)5-6-13(12)20-16(23)17(24)21-15-11-4-2-1-3-9(11)7-14(15)22/h1-6,8,14-15,22H,7H2,(H,20,23)(H,21,24). The number of fused-ring (bicyclic) bond motifs is 1. The van der Waals surface area contributed by atoms with E-state index in [1.54, 1.807) is 12.1 Å². The summed E-state index contributed by atoms with van der Waals surface area (Å²) in [5.74, 6) is -2.40. The molecule has 3 N–H and O–H groups in total. The fraction of sp³-hybridized carbons (Fsp3) is 0.176. The van der Waals surface area contributed by atoms with Gasteiger partial charge in [0.15, 0.2) is 0 Å². The van der Waals surface area contributed by atoms with Crippen molar-refractivity contribution < 1.29 is 19.1 Å². The Hall–Kier alpha value is -2.44. The van der Waals surface area contributed by atoms with E-state index in [4.69, 9.17) is 11.6 Å². The molecule has 0 saturated carbocycles. The van der Waals surface area contributed by atoms with E-state index in [0.717, 1.165) is 23.3 Å². The zero-order valence-corrected chi connectivity index (χ0v) is 13.2. The Morgan fingerprint density at radius 3 is 2.67 bits per heavy atom. The van der Waals surface area contributed by atoms with Crippen molar-refractivity contribution >= 4 is 29.1 Å². The number of halogens is 2. The molecule has 0 aliphatic heterocycles. The first-order chi connectivity index (χ1) is 11.5. The van der Waals surface area contributed by atoms with E-state index in [9.17, 15) is 19.1 Å². The summed E-state index contributed by atoms with van der Waals surface area (Å²) in [5.41, 5.74) is 1.84. The predicted octanol–water partition coefficient (Wildman–Crippen LogP) is 2.19. The molecule has 2 aromatic carbocycles. The topological polar surface area (TPSA) is 78.4 Å². The van der Waals surface area contributed by atoms with Gasteiger partial charge in [0, 0.05) is 6.42 Å². The Labute approximate surface area is 142 Å². The van der Waals surface area contributed by atoms with Crippen LogP contribution in [0.3, 0.4) is 0 Å². The van der Waals surface area contributed by atoms with Gasteiger partial charge in [-0.3, -0.25) is 9.59 Å². The minimum absolute atomic E-state index is 0.0117. The van der Waals surface area contributed by atoms with Gasteiger partial charge in [-0.1, -0.05) is 35.9 Å². The van der Waals surface area contributed by atoms with Crippen LogP contribution >= 0.6 is 11.6 Å². The van der Waals surface area contributed by atoms with Crippen LogP contribution in [0.2, 0.25) is 5.02 Å². The van der Waals surface area contributed by atoms with Gasteiger partial charge >= 0.3 is 11.8 Å². The highest BCUT2D eigenvalue weighted by Gasteiger charge is 2.33. The number of hydrogen-bond donors (Lipinski definition) is 3. The molecule has 0 fully saturated rings. The van der Waals surface area contributed by atoms with E-state index >= 15 is 0 Å². The van der Waals surface area contributed by atoms with Crippen molar-refractivity contribution in [3.05, 3.63) is 64.4 Å². The van der Waals surface area contributed by atoms with Crippen LogP contribution in [0, 0.1) is 5.82 Å². The molecule has 7 heteroatoms. The first kappa shape index (κ1) is 16.4. The van der Waals surface area contributed by atoms with Gasteiger partial charge < -0.3 is 15.7 Å². The van der Waals surface area contributed by atoms with Crippen molar-refractivity contribution in [2.75, 3.05) is 5.32 Å². The zero-order chi connectivity index (χ0) is 17.3. The maximum absolute atomic E-state index is 13.0. The molecule has 0 saturated heterocycles. The third kappa shape index (κ3) is 3.25. The van der Waals surface area contributed by atoms with E-state index in [-0.39, 0.29) is 10.7 Å². The molecule has 0 bridgehead atoms. The van der Waals surface area contributed by atoms with Crippen molar-refractivity contribution in [3.8, 4) is 0 Å². The van der Waals surface area contributed by atoms with Crippen molar-refractivity contribution in [2.45, 2.75) is 18.6 Å². The smallest absolute Gasteiger partial charge is 0.313 e. The Morgan fingerprint density at radius 1 is 1.17 bits per heavy atom. The molecule has 5 nitrogen and oxygen atoms in total. The van der Waals surface area contributed by atoms with Crippen LogP contribution in [0.5, 0.6) is 0 Å². The lowest BCUT2D eigenvalue weighted by Gasteiger charge is -2.17. The molecule has 0 spiro atoms. The lowest BCUT2D eigenvalue weighted by molar-refractivity contribution is -0.137. The first-order valence-electron chi connectivity index (χ1n) is 7.28. The van der Waals surface area contributed by atoms with E-state index in [1.165, 1.54) is 6.07 Å². The zero-order valence-electron chi connectivity index (χ0n) is 12.4. The van der Waals surface area contributed by atoms with Crippen molar-refractivity contribution in [1.82, 2.24) is 5.32 Å². The lowest BCUT2D eigenvalue weighted by atomic mass is 10.1. The normalized spacial score (nSPS) is 18.8. The Morgan fingerprint density at radius 2 is 1.92 bits per heavy atom. The second-order valence-electron chi connectivity index (χ2n) is 5.50. The number of aliphatic hydroxyl groups is 1. The molecule has 2 atom stereocenters. The summed E-state index contributed by atoms with van der Waals surface area (Å²) in [6.07, 6.45) is -0.388.